The van der Waals surface area contributed by atoms with Crippen molar-refractivity contribution in [1.29, 1.82) is 0 Å². The van der Waals surface area contributed by atoms with Gasteiger partial charge in [-0.15, -0.1) is 6.42 Å². The maximum absolute atomic E-state index is 8.83. The maximum atomic E-state index is 8.83. The Hall–Kier alpha value is -1.30. The zero-order valence-electron chi connectivity index (χ0n) is 11.1. The number of benzene rings is 1. The zero-order chi connectivity index (χ0) is 13.5. The molecular formula is C15H22O2. The fourth-order valence-electron chi connectivity index (χ4n) is 1.03. The third kappa shape index (κ3) is 8.50. The van der Waals surface area contributed by atoms with E-state index in [0.29, 0.717) is 11.0 Å². The van der Waals surface area contributed by atoms with Gasteiger partial charge in [0.05, 0.1) is 13.2 Å². The van der Waals surface area contributed by atoms with Crippen molar-refractivity contribution in [2.45, 2.75) is 40.9 Å². The molecule has 0 fully saturated rings. The Kier molecular flexibility index (Phi) is 6.57. The van der Waals surface area contributed by atoms with Crippen LogP contribution in [0, 0.1) is 17.8 Å². The molecule has 2 nitrogen and oxygen atoms in total. The summed E-state index contributed by atoms with van der Waals surface area (Å²) in [4.78, 5) is 0. The van der Waals surface area contributed by atoms with Gasteiger partial charge in [0, 0.05) is 5.56 Å². The molecule has 94 valence electrons. The van der Waals surface area contributed by atoms with Gasteiger partial charge in [0.15, 0.2) is 0 Å². The number of terminal acetylenes is 1. The molecule has 1 aromatic carbocycles. The van der Waals surface area contributed by atoms with Crippen LogP contribution in [-0.2, 0) is 13.2 Å². The molecule has 0 amide bonds. The summed E-state index contributed by atoms with van der Waals surface area (Å²) in [5, 5.41) is 17.7. The fraction of sp³-hybridized carbons (Fsp3) is 0.467. The second kappa shape index (κ2) is 7.11. The average molecular weight is 234 g/mol. The Balaban J connectivity index is 0.000000437. The molecule has 0 aliphatic heterocycles. The number of rotatable bonds is 2. The Morgan fingerprint density at radius 3 is 1.59 bits per heavy atom. The molecule has 17 heavy (non-hydrogen) atoms. The molecule has 0 aliphatic rings. The van der Waals surface area contributed by atoms with Crippen molar-refractivity contribution in [3.8, 4) is 12.3 Å². The quantitative estimate of drug-likeness (QED) is 0.772. The van der Waals surface area contributed by atoms with Crippen molar-refractivity contribution in [3.63, 3.8) is 0 Å². The summed E-state index contributed by atoms with van der Waals surface area (Å²) in [5.74, 6) is 2.45. The van der Waals surface area contributed by atoms with E-state index in [-0.39, 0.29) is 13.2 Å². The van der Waals surface area contributed by atoms with Crippen molar-refractivity contribution in [2.24, 2.45) is 5.41 Å². The molecule has 1 aromatic rings. The molecule has 0 spiro atoms. The molecule has 0 aliphatic carbocycles. The first kappa shape index (κ1) is 15.7. The Labute approximate surface area is 104 Å². The lowest BCUT2D eigenvalue weighted by atomic mass is 10.0. The second-order valence-corrected chi connectivity index (χ2v) is 5.50. The zero-order valence-corrected chi connectivity index (χ0v) is 11.1. The third-order valence-electron chi connectivity index (χ3n) is 1.58. The minimum Gasteiger partial charge on any atom is -0.392 e. The number of aliphatic hydroxyl groups excluding tert-OH is 2. The summed E-state index contributed by atoms with van der Waals surface area (Å²) in [6.07, 6.45) is 5.18. The molecule has 0 aromatic heterocycles. The van der Waals surface area contributed by atoms with E-state index in [4.69, 9.17) is 16.6 Å². The Morgan fingerprint density at radius 2 is 1.35 bits per heavy atom. The van der Waals surface area contributed by atoms with Gasteiger partial charge in [-0.25, -0.2) is 0 Å². The lowest BCUT2D eigenvalue weighted by molar-refractivity contribution is 0.275. The lowest BCUT2D eigenvalue weighted by Crippen LogP contribution is -1.93. The van der Waals surface area contributed by atoms with E-state index in [9.17, 15) is 0 Å². The van der Waals surface area contributed by atoms with Crippen LogP contribution < -0.4 is 0 Å². The van der Waals surface area contributed by atoms with E-state index in [1.165, 1.54) is 0 Å². The highest BCUT2D eigenvalue weighted by Gasteiger charge is 1.97. The third-order valence-corrected chi connectivity index (χ3v) is 1.58. The largest absolute Gasteiger partial charge is 0.392 e. The monoisotopic (exact) mass is 234 g/mol. The van der Waals surface area contributed by atoms with Crippen molar-refractivity contribution in [3.05, 3.63) is 34.9 Å². The van der Waals surface area contributed by atoms with Gasteiger partial charge < -0.3 is 10.2 Å². The summed E-state index contributed by atoms with van der Waals surface area (Å²) in [7, 11) is 0. The molecule has 0 atom stereocenters. The highest BCUT2D eigenvalue weighted by Crippen LogP contribution is 2.09. The summed E-state index contributed by atoms with van der Waals surface area (Å²) < 4.78 is 0. The highest BCUT2D eigenvalue weighted by molar-refractivity contribution is 5.38. The van der Waals surface area contributed by atoms with Crippen molar-refractivity contribution < 1.29 is 10.2 Å². The summed E-state index contributed by atoms with van der Waals surface area (Å²) >= 11 is 0. The summed E-state index contributed by atoms with van der Waals surface area (Å²) in [6, 6.07) is 5.17. The summed E-state index contributed by atoms with van der Waals surface area (Å²) in [5.41, 5.74) is 2.65. The summed E-state index contributed by atoms with van der Waals surface area (Å²) in [6.45, 7) is 8.64. The number of aliphatic hydroxyl groups is 2. The van der Waals surface area contributed by atoms with Gasteiger partial charge in [-0.3, -0.25) is 0 Å². The van der Waals surface area contributed by atoms with Crippen LogP contribution in [0.5, 0.6) is 0 Å². The van der Waals surface area contributed by atoms with Crippen LogP contribution in [-0.4, -0.2) is 10.2 Å². The van der Waals surface area contributed by atoms with Crippen LogP contribution in [0.3, 0.4) is 0 Å². The predicted molar refractivity (Wildman–Crippen MR) is 71.4 cm³/mol. The van der Waals surface area contributed by atoms with Gasteiger partial charge in [-0.1, -0.05) is 39.7 Å². The van der Waals surface area contributed by atoms with Gasteiger partial charge in [0.1, 0.15) is 0 Å². The van der Waals surface area contributed by atoms with E-state index < -0.39 is 0 Å². The molecule has 0 heterocycles. The van der Waals surface area contributed by atoms with Crippen LogP contribution in [0.2, 0.25) is 0 Å². The van der Waals surface area contributed by atoms with Crippen molar-refractivity contribution >= 4 is 0 Å². The standard InChI is InChI=1S/C10H10O2.C5H12/c1-2-8-3-9(6-11)5-10(4-8)7-12;1-5(2,3)4/h1,3-5,11-12H,6-7H2;1-4H3. The molecule has 1 rings (SSSR count). The van der Waals surface area contributed by atoms with Gasteiger partial charge in [-0.2, -0.15) is 0 Å². The molecule has 0 saturated heterocycles. The average Bonchev–Trinajstić information content (AvgIpc) is 2.26. The normalized spacial score (nSPS) is 10.2. The van der Waals surface area contributed by atoms with Crippen LogP contribution in [0.15, 0.2) is 18.2 Å². The van der Waals surface area contributed by atoms with Crippen LogP contribution in [0.25, 0.3) is 0 Å². The SMILES string of the molecule is C#Cc1cc(CO)cc(CO)c1.CC(C)(C)C. The highest BCUT2D eigenvalue weighted by atomic mass is 16.3. The number of hydrogen-bond donors (Lipinski definition) is 2. The van der Waals surface area contributed by atoms with Gasteiger partial charge in [-0.05, 0) is 28.7 Å². The van der Waals surface area contributed by atoms with Crippen molar-refractivity contribution in [2.75, 3.05) is 0 Å². The topological polar surface area (TPSA) is 40.5 Å². The molecule has 2 heteroatoms. The predicted octanol–water partition coefficient (Wildman–Crippen LogP) is 2.70. The van der Waals surface area contributed by atoms with Crippen molar-refractivity contribution in [1.82, 2.24) is 0 Å². The second-order valence-electron chi connectivity index (χ2n) is 5.50. The first-order valence-corrected chi connectivity index (χ1v) is 5.61. The van der Waals surface area contributed by atoms with Crippen LogP contribution in [0.4, 0.5) is 0 Å². The van der Waals surface area contributed by atoms with E-state index in [0.717, 1.165) is 11.1 Å². The van der Waals surface area contributed by atoms with E-state index in [1.54, 1.807) is 18.2 Å². The maximum Gasteiger partial charge on any atom is 0.0682 e. The van der Waals surface area contributed by atoms with Gasteiger partial charge in [0.2, 0.25) is 0 Å². The fourth-order valence-corrected chi connectivity index (χ4v) is 1.03. The minimum atomic E-state index is -0.0531. The first-order valence-electron chi connectivity index (χ1n) is 5.61. The molecule has 0 unspecified atom stereocenters. The van der Waals surface area contributed by atoms with E-state index in [2.05, 4.69) is 33.6 Å². The number of hydrogen-bond acceptors (Lipinski definition) is 2. The molecule has 0 saturated carbocycles. The molecule has 2 N–H and O–H groups in total. The van der Waals surface area contributed by atoms with E-state index in [1.807, 2.05) is 0 Å². The Morgan fingerprint density at radius 1 is 1.00 bits per heavy atom. The molecule has 0 bridgehead atoms. The lowest BCUT2D eigenvalue weighted by Gasteiger charge is -2.05. The van der Waals surface area contributed by atoms with Crippen LogP contribution in [0.1, 0.15) is 44.4 Å². The first-order chi connectivity index (χ1) is 7.80. The molecule has 0 radical (unpaired) electrons. The smallest absolute Gasteiger partial charge is 0.0682 e. The van der Waals surface area contributed by atoms with Gasteiger partial charge >= 0.3 is 0 Å². The Bertz CT molecular complexity index is 353. The minimum absolute atomic E-state index is 0.0531. The van der Waals surface area contributed by atoms with E-state index >= 15 is 0 Å². The van der Waals surface area contributed by atoms with Gasteiger partial charge in [0.25, 0.3) is 0 Å². The molecular weight excluding hydrogens is 212 g/mol. The van der Waals surface area contributed by atoms with Crippen LogP contribution >= 0.6 is 0 Å².